The quantitative estimate of drug-likeness (QED) is 0.883. The first-order valence-corrected chi connectivity index (χ1v) is 7.37. The van der Waals surface area contributed by atoms with Crippen molar-refractivity contribution in [2.45, 2.75) is 51.7 Å². The van der Waals surface area contributed by atoms with Crippen molar-refractivity contribution in [1.29, 1.82) is 0 Å². The van der Waals surface area contributed by atoms with E-state index in [1.165, 1.54) is 19.3 Å². The molecule has 3 aliphatic rings. The summed E-state index contributed by atoms with van der Waals surface area (Å²) in [6, 6.07) is 1.19. The van der Waals surface area contributed by atoms with Crippen LogP contribution in [0, 0.1) is 23.7 Å². The van der Waals surface area contributed by atoms with Crippen molar-refractivity contribution in [2.24, 2.45) is 23.7 Å². The summed E-state index contributed by atoms with van der Waals surface area (Å²) in [4.78, 5) is 4.37. The van der Waals surface area contributed by atoms with E-state index in [1.54, 1.807) is 6.33 Å². The molecule has 0 aliphatic heterocycles. The van der Waals surface area contributed by atoms with E-state index >= 15 is 0 Å². The van der Waals surface area contributed by atoms with Crippen LogP contribution in [0.5, 0.6) is 0 Å². The van der Waals surface area contributed by atoms with Gasteiger partial charge in [-0.05, 0) is 56.8 Å². The van der Waals surface area contributed by atoms with E-state index < -0.39 is 0 Å². The third-order valence-corrected chi connectivity index (χ3v) is 5.37. The van der Waals surface area contributed by atoms with Gasteiger partial charge in [-0.15, -0.1) is 0 Å². The summed E-state index contributed by atoms with van der Waals surface area (Å²) in [6.07, 6.45) is 6.18. The Morgan fingerprint density at radius 2 is 2.06 bits per heavy atom. The highest BCUT2D eigenvalue weighted by atomic mass is 15.4. The van der Waals surface area contributed by atoms with Gasteiger partial charge in [0.25, 0.3) is 0 Å². The largest absolute Gasteiger partial charge is 0.306 e. The van der Waals surface area contributed by atoms with E-state index in [2.05, 4.69) is 29.2 Å². The number of fused-ring (bicyclic) bond motifs is 5. The molecule has 1 aromatic heterocycles. The summed E-state index contributed by atoms with van der Waals surface area (Å²) in [5, 5.41) is 8.03. The van der Waals surface area contributed by atoms with Gasteiger partial charge in [0, 0.05) is 12.1 Å². The minimum absolute atomic E-state index is 0.402. The Bertz CT molecular complexity index is 436. The predicted octanol–water partition coefficient (Wildman–Crippen LogP) is 1.99. The molecule has 1 heterocycles. The van der Waals surface area contributed by atoms with Crippen LogP contribution in [-0.4, -0.2) is 20.8 Å². The van der Waals surface area contributed by atoms with Crippen LogP contribution in [0.25, 0.3) is 0 Å². The molecule has 3 saturated carbocycles. The van der Waals surface area contributed by atoms with Crippen LogP contribution < -0.4 is 5.32 Å². The highest BCUT2D eigenvalue weighted by Gasteiger charge is 2.64. The lowest BCUT2D eigenvalue weighted by Gasteiger charge is -2.12. The molecule has 98 valence electrons. The van der Waals surface area contributed by atoms with Gasteiger partial charge in [-0.3, -0.25) is 0 Å². The number of aromatic nitrogens is 3. The van der Waals surface area contributed by atoms with Crippen molar-refractivity contribution < 1.29 is 0 Å². The maximum atomic E-state index is 4.37. The lowest BCUT2D eigenvalue weighted by Crippen LogP contribution is -2.25. The van der Waals surface area contributed by atoms with Crippen molar-refractivity contribution in [3.8, 4) is 0 Å². The zero-order chi connectivity index (χ0) is 12.3. The van der Waals surface area contributed by atoms with Crippen LogP contribution >= 0.6 is 0 Å². The minimum Gasteiger partial charge on any atom is -0.306 e. The van der Waals surface area contributed by atoms with E-state index in [-0.39, 0.29) is 0 Å². The number of rotatable bonds is 4. The lowest BCUT2D eigenvalue weighted by atomic mass is 10.0. The first-order valence-electron chi connectivity index (χ1n) is 7.37. The van der Waals surface area contributed by atoms with Crippen molar-refractivity contribution in [1.82, 2.24) is 20.1 Å². The topological polar surface area (TPSA) is 42.7 Å². The molecule has 4 nitrogen and oxygen atoms in total. The predicted molar refractivity (Wildman–Crippen MR) is 68.8 cm³/mol. The van der Waals surface area contributed by atoms with Gasteiger partial charge in [0.05, 0.1) is 6.54 Å². The summed E-state index contributed by atoms with van der Waals surface area (Å²) >= 11 is 0. The molecular weight excluding hydrogens is 224 g/mol. The first-order chi connectivity index (χ1) is 8.75. The summed E-state index contributed by atoms with van der Waals surface area (Å²) < 4.78 is 2.03. The highest BCUT2D eigenvalue weighted by molar-refractivity contribution is 5.16. The van der Waals surface area contributed by atoms with Gasteiger partial charge in [0.2, 0.25) is 0 Å². The molecule has 4 heteroatoms. The Morgan fingerprint density at radius 3 is 2.72 bits per heavy atom. The maximum Gasteiger partial charge on any atom is 0.141 e. The fourth-order valence-corrected chi connectivity index (χ4v) is 4.64. The Kier molecular flexibility index (Phi) is 2.31. The normalized spacial score (nSPS) is 40.5. The van der Waals surface area contributed by atoms with E-state index in [0.717, 1.165) is 42.1 Å². The first kappa shape index (κ1) is 11.0. The SMILES string of the molecule is CC(C)n1ncnc1CNC1C2C3CCC(C3)C12. The van der Waals surface area contributed by atoms with Crippen LogP contribution in [0.1, 0.15) is 45.0 Å². The Morgan fingerprint density at radius 1 is 1.33 bits per heavy atom. The summed E-state index contributed by atoms with van der Waals surface area (Å²) in [7, 11) is 0. The molecule has 4 rings (SSSR count). The van der Waals surface area contributed by atoms with Crippen LogP contribution in [0.15, 0.2) is 6.33 Å². The van der Waals surface area contributed by atoms with E-state index in [9.17, 15) is 0 Å². The average Bonchev–Trinajstić information content (AvgIpc) is 2.80. The summed E-state index contributed by atoms with van der Waals surface area (Å²) in [6.45, 7) is 5.20. The van der Waals surface area contributed by atoms with Gasteiger partial charge in [0.15, 0.2) is 0 Å². The van der Waals surface area contributed by atoms with Gasteiger partial charge in [-0.2, -0.15) is 5.10 Å². The Balaban J connectivity index is 1.39. The van der Waals surface area contributed by atoms with Crippen molar-refractivity contribution >= 4 is 0 Å². The Hall–Kier alpha value is -0.900. The van der Waals surface area contributed by atoms with Crippen molar-refractivity contribution in [3.63, 3.8) is 0 Å². The summed E-state index contributed by atoms with van der Waals surface area (Å²) in [5.41, 5.74) is 0. The fourth-order valence-electron chi connectivity index (χ4n) is 4.64. The monoisotopic (exact) mass is 246 g/mol. The highest BCUT2D eigenvalue weighted by Crippen LogP contribution is 2.65. The fraction of sp³-hybridized carbons (Fsp3) is 0.857. The van der Waals surface area contributed by atoms with Crippen LogP contribution in [0.2, 0.25) is 0 Å². The van der Waals surface area contributed by atoms with Gasteiger partial charge >= 0.3 is 0 Å². The molecule has 2 bridgehead atoms. The molecule has 4 unspecified atom stereocenters. The van der Waals surface area contributed by atoms with Gasteiger partial charge < -0.3 is 5.32 Å². The second kappa shape index (κ2) is 3.80. The minimum atomic E-state index is 0.402. The van der Waals surface area contributed by atoms with Gasteiger partial charge in [-0.25, -0.2) is 9.67 Å². The summed E-state index contributed by atoms with van der Waals surface area (Å²) in [5.74, 6) is 5.17. The van der Waals surface area contributed by atoms with Crippen LogP contribution in [-0.2, 0) is 6.54 Å². The number of hydrogen-bond donors (Lipinski definition) is 1. The Labute approximate surface area is 108 Å². The number of nitrogens with one attached hydrogen (secondary N) is 1. The smallest absolute Gasteiger partial charge is 0.141 e. The number of hydrogen-bond acceptors (Lipinski definition) is 3. The second-order valence-corrected chi connectivity index (χ2v) is 6.61. The third kappa shape index (κ3) is 1.48. The molecule has 0 amide bonds. The zero-order valence-electron chi connectivity index (χ0n) is 11.2. The molecule has 4 atom stereocenters. The molecule has 1 N–H and O–H groups in total. The van der Waals surface area contributed by atoms with Crippen LogP contribution in [0.3, 0.4) is 0 Å². The molecule has 0 radical (unpaired) electrons. The van der Waals surface area contributed by atoms with Gasteiger partial charge in [0.1, 0.15) is 12.2 Å². The third-order valence-electron chi connectivity index (χ3n) is 5.37. The molecule has 1 aromatic rings. The van der Waals surface area contributed by atoms with E-state index in [4.69, 9.17) is 0 Å². The average molecular weight is 246 g/mol. The maximum absolute atomic E-state index is 4.37. The zero-order valence-corrected chi connectivity index (χ0v) is 11.2. The standard InChI is InChI=1S/C14H22N4/c1-8(2)18-11(16-7-17-18)6-15-14-12-9-3-4-10(5-9)13(12)14/h7-10,12-15H,3-6H2,1-2H3. The molecule has 3 fully saturated rings. The molecule has 0 aromatic carbocycles. The lowest BCUT2D eigenvalue weighted by molar-refractivity contribution is 0.440. The number of nitrogens with zero attached hydrogens (tertiary/aromatic N) is 3. The van der Waals surface area contributed by atoms with Crippen LogP contribution in [0.4, 0.5) is 0 Å². The van der Waals surface area contributed by atoms with E-state index in [0.29, 0.717) is 6.04 Å². The van der Waals surface area contributed by atoms with Gasteiger partial charge in [-0.1, -0.05) is 0 Å². The second-order valence-electron chi connectivity index (χ2n) is 6.61. The van der Waals surface area contributed by atoms with Crippen molar-refractivity contribution in [3.05, 3.63) is 12.2 Å². The molecule has 0 spiro atoms. The molecule has 18 heavy (non-hydrogen) atoms. The molecule has 0 saturated heterocycles. The van der Waals surface area contributed by atoms with Crippen molar-refractivity contribution in [2.75, 3.05) is 0 Å². The molecule has 3 aliphatic carbocycles. The van der Waals surface area contributed by atoms with E-state index in [1.807, 2.05) is 4.68 Å². The molecular formula is C14H22N4.